The maximum Gasteiger partial charge on any atom is 0.246 e. The van der Waals surface area contributed by atoms with Crippen LogP contribution in [0, 0.1) is 11.6 Å². The van der Waals surface area contributed by atoms with Crippen LogP contribution in [0.25, 0.3) is 0 Å². The second kappa shape index (κ2) is 6.81. The molecule has 4 nitrogen and oxygen atoms in total. The number of piperidine rings is 1. The largest absolute Gasteiger partial charge is 0.314 e. The molecule has 0 spiro atoms. The molecule has 2 rings (SSSR count). The Hall–Kier alpha value is -1.05. The van der Waals surface area contributed by atoms with Gasteiger partial charge in [-0.3, -0.25) is 0 Å². The Morgan fingerprint density at radius 2 is 1.95 bits per heavy atom. The quantitative estimate of drug-likeness (QED) is 0.905. The van der Waals surface area contributed by atoms with Crippen molar-refractivity contribution in [3.63, 3.8) is 0 Å². The van der Waals surface area contributed by atoms with Crippen LogP contribution in [0.2, 0.25) is 0 Å². The van der Waals surface area contributed by atoms with Crippen molar-refractivity contribution in [3.05, 3.63) is 29.8 Å². The highest BCUT2D eigenvalue weighted by Gasteiger charge is 2.31. The third-order valence-corrected chi connectivity index (χ3v) is 5.56. The second-order valence-corrected chi connectivity index (χ2v) is 7.11. The number of rotatable bonds is 5. The zero-order valence-corrected chi connectivity index (χ0v) is 12.8. The molecule has 1 aromatic rings. The van der Waals surface area contributed by atoms with Crippen molar-refractivity contribution in [1.82, 2.24) is 9.62 Å². The highest BCUT2D eigenvalue weighted by molar-refractivity contribution is 7.89. The molecule has 0 saturated carbocycles. The molecule has 0 unspecified atom stereocenters. The molecule has 1 aliphatic rings. The van der Waals surface area contributed by atoms with E-state index in [1.54, 1.807) is 0 Å². The van der Waals surface area contributed by atoms with Crippen molar-refractivity contribution in [1.29, 1.82) is 0 Å². The van der Waals surface area contributed by atoms with E-state index in [-0.39, 0.29) is 6.04 Å². The SMILES string of the molecule is CCCNC1CCN(S(=O)(=O)c2cc(F)ccc2F)CC1. The zero-order valence-electron chi connectivity index (χ0n) is 12.0. The van der Waals surface area contributed by atoms with E-state index in [1.807, 2.05) is 0 Å². The van der Waals surface area contributed by atoms with Crippen LogP contribution in [-0.4, -0.2) is 38.4 Å². The van der Waals surface area contributed by atoms with Gasteiger partial charge in [-0.1, -0.05) is 6.92 Å². The number of nitrogens with zero attached hydrogens (tertiary/aromatic N) is 1. The molecule has 0 aliphatic carbocycles. The Morgan fingerprint density at radius 3 is 2.57 bits per heavy atom. The van der Waals surface area contributed by atoms with E-state index in [0.29, 0.717) is 25.9 Å². The number of hydrogen-bond acceptors (Lipinski definition) is 3. The molecule has 1 heterocycles. The molecule has 118 valence electrons. The normalized spacial score (nSPS) is 18.0. The maximum absolute atomic E-state index is 13.7. The predicted octanol–water partition coefficient (Wildman–Crippen LogP) is 2.12. The van der Waals surface area contributed by atoms with Gasteiger partial charge in [-0.05, 0) is 44.0 Å². The van der Waals surface area contributed by atoms with E-state index in [1.165, 1.54) is 4.31 Å². The molecular weight excluding hydrogens is 298 g/mol. The van der Waals surface area contributed by atoms with Crippen LogP contribution < -0.4 is 5.32 Å². The lowest BCUT2D eigenvalue weighted by Crippen LogP contribution is -2.45. The maximum atomic E-state index is 13.7. The van der Waals surface area contributed by atoms with Crippen LogP contribution in [0.15, 0.2) is 23.1 Å². The first-order valence-corrected chi connectivity index (χ1v) is 8.57. The van der Waals surface area contributed by atoms with E-state index in [2.05, 4.69) is 12.2 Å². The van der Waals surface area contributed by atoms with Crippen LogP contribution in [0.4, 0.5) is 8.78 Å². The third-order valence-electron chi connectivity index (χ3n) is 3.65. The summed E-state index contributed by atoms with van der Waals surface area (Å²) in [5.74, 6) is -1.67. The summed E-state index contributed by atoms with van der Waals surface area (Å²) in [6.07, 6.45) is 2.37. The second-order valence-electron chi connectivity index (χ2n) is 5.21. The fourth-order valence-corrected chi connectivity index (χ4v) is 4.01. The van der Waals surface area contributed by atoms with Gasteiger partial charge in [-0.15, -0.1) is 0 Å². The van der Waals surface area contributed by atoms with Crippen LogP contribution in [-0.2, 0) is 10.0 Å². The molecule has 1 aliphatic heterocycles. The minimum absolute atomic E-state index is 0.286. The smallest absolute Gasteiger partial charge is 0.246 e. The number of hydrogen-bond donors (Lipinski definition) is 1. The van der Waals surface area contributed by atoms with Gasteiger partial charge in [0.05, 0.1) is 0 Å². The summed E-state index contributed by atoms with van der Waals surface area (Å²) in [4.78, 5) is -0.581. The number of nitrogens with one attached hydrogen (secondary N) is 1. The van der Waals surface area contributed by atoms with E-state index in [0.717, 1.165) is 31.2 Å². The minimum atomic E-state index is -3.97. The first kappa shape index (κ1) is 16.3. The van der Waals surface area contributed by atoms with Gasteiger partial charge in [-0.2, -0.15) is 4.31 Å². The highest BCUT2D eigenvalue weighted by atomic mass is 32.2. The highest BCUT2D eigenvalue weighted by Crippen LogP contribution is 2.23. The molecule has 7 heteroatoms. The van der Waals surface area contributed by atoms with Gasteiger partial charge in [0, 0.05) is 19.1 Å². The zero-order chi connectivity index (χ0) is 15.5. The lowest BCUT2D eigenvalue weighted by atomic mass is 10.1. The van der Waals surface area contributed by atoms with Crippen molar-refractivity contribution in [2.75, 3.05) is 19.6 Å². The van der Waals surface area contributed by atoms with Gasteiger partial charge >= 0.3 is 0 Å². The Labute approximate surface area is 124 Å². The summed E-state index contributed by atoms with van der Waals surface area (Å²) in [6, 6.07) is 2.79. The van der Waals surface area contributed by atoms with E-state index < -0.39 is 26.6 Å². The van der Waals surface area contributed by atoms with Crippen LogP contribution in [0.3, 0.4) is 0 Å². The van der Waals surface area contributed by atoms with Crippen molar-refractivity contribution in [2.45, 2.75) is 37.1 Å². The summed E-state index contributed by atoms with van der Waals surface area (Å²) in [6.45, 7) is 3.61. The van der Waals surface area contributed by atoms with Crippen molar-refractivity contribution in [2.24, 2.45) is 0 Å². The first-order valence-electron chi connectivity index (χ1n) is 7.13. The molecule has 1 N–H and O–H groups in total. The number of halogens is 2. The van der Waals surface area contributed by atoms with Gasteiger partial charge in [-0.25, -0.2) is 17.2 Å². The molecule has 0 amide bonds. The average Bonchev–Trinajstić information content (AvgIpc) is 2.48. The molecule has 0 radical (unpaired) electrons. The molecule has 0 aromatic heterocycles. The summed E-state index contributed by atoms with van der Waals surface area (Å²) < 4.78 is 52.9. The number of sulfonamides is 1. The molecular formula is C14H20F2N2O2S. The Kier molecular flexibility index (Phi) is 5.29. The van der Waals surface area contributed by atoms with E-state index >= 15 is 0 Å². The van der Waals surface area contributed by atoms with Crippen molar-refractivity contribution >= 4 is 10.0 Å². The van der Waals surface area contributed by atoms with Crippen molar-refractivity contribution in [3.8, 4) is 0 Å². The predicted molar refractivity (Wildman–Crippen MR) is 76.4 cm³/mol. The topological polar surface area (TPSA) is 49.4 Å². The Morgan fingerprint density at radius 1 is 1.29 bits per heavy atom. The van der Waals surface area contributed by atoms with Gasteiger partial charge < -0.3 is 5.32 Å². The van der Waals surface area contributed by atoms with Crippen molar-refractivity contribution < 1.29 is 17.2 Å². The molecule has 21 heavy (non-hydrogen) atoms. The fraction of sp³-hybridized carbons (Fsp3) is 0.571. The molecule has 0 bridgehead atoms. The molecule has 1 aromatic carbocycles. The summed E-state index contributed by atoms with van der Waals surface area (Å²) in [5.41, 5.74) is 0. The summed E-state index contributed by atoms with van der Waals surface area (Å²) >= 11 is 0. The minimum Gasteiger partial charge on any atom is -0.314 e. The summed E-state index contributed by atoms with van der Waals surface area (Å²) in [7, 11) is -3.97. The van der Waals surface area contributed by atoms with Gasteiger partial charge in [0.15, 0.2) is 0 Å². The fourth-order valence-electron chi connectivity index (χ4n) is 2.46. The molecule has 1 saturated heterocycles. The lowest BCUT2D eigenvalue weighted by Gasteiger charge is -2.31. The number of benzene rings is 1. The molecule has 0 atom stereocenters. The van der Waals surface area contributed by atoms with Gasteiger partial charge in [0.25, 0.3) is 0 Å². The summed E-state index contributed by atoms with van der Waals surface area (Å²) in [5, 5.41) is 3.35. The molecule has 1 fully saturated rings. The third kappa shape index (κ3) is 3.78. The van der Waals surface area contributed by atoms with Crippen LogP contribution in [0.5, 0.6) is 0 Å². The standard InChI is InChI=1S/C14H20F2N2O2S/c1-2-7-17-12-5-8-18(9-6-12)21(19,20)14-10-11(15)3-4-13(14)16/h3-4,10,12,17H,2,5-9H2,1H3. The first-order chi connectivity index (χ1) is 9.95. The van der Waals surface area contributed by atoms with Gasteiger partial charge in [0.2, 0.25) is 10.0 Å². The lowest BCUT2D eigenvalue weighted by molar-refractivity contribution is 0.289. The van der Waals surface area contributed by atoms with E-state index in [9.17, 15) is 17.2 Å². The van der Waals surface area contributed by atoms with Crippen LogP contribution >= 0.6 is 0 Å². The Bertz CT molecular complexity index is 585. The van der Waals surface area contributed by atoms with Crippen LogP contribution in [0.1, 0.15) is 26.2 Å². The van der Waals surface area contributed by atoms with Gasteiger partial charge in [0.1, 0.15) is 16.5 Å². The van der Waals surface area contributed by atoms with E-state index in [4.69, 9.17) is 0 Å². The monoisotopic (exact) mass is 318 g/mol. The Balaban J connectivity index is 2.10. The average molecular weight is 318 g/mol.